The Bertz CT molecular complexity index is 448. The molecule has 0 radical (unpaired) electrons. The summed E-state index contributed by atoms with van der Waals surface area (Å²) in [6.07, 6.45) is 3.02. The molecule has 1 saturated heterocycles. The zero-order valence-electron chi connectivity index (χ0n) is 12.3. The van der Waals surface area contributed by atoms with E-state index >= 15 is 0 Å². The lowest BCUT2D eigenvalue weighted by Gasteiger charge is -2.31. The number of rotatable bonds is 3. The molecule has 1 unspecified atom stereocenters. The van der Waals surface area contributed by atoms with E-state index < -0.39 is 0 Å². The maximum Gasteiger partial charge on any atom is 0.303 e. The van der Waals surface area contributed by atoms with Gasteiger partial charge in [0.2, 0.25) is 0 Å². The van der Waals surface area contributed by atoms with Gasteiger partial charge in [-0.3, -0.25) is 9.79 Å². The second-order valence-corrected chi connectivity index (χ2v) is 5.13. The second-order valence-electron chi connectivity index (χ2n) is 5.13. The van der Waals surface area contributed by atoms with Gasteiger partial charge in [-0.05, 0) is 25.3 Å². The highest BCUT2D eigenvalue weighted by molar-refractivity contribution is 6.07. The molecular weight excluding hydrogens is 254 g/mol. The summed E-state index contributed by atoms with van der Waals surface area (Å²) in [5.74, 6) is -0.257. The number of piperazine rings is 1. The number of ether oxygens (including phenoxy) is 1. The molecule has 0 amide bonds. The molecule has 2 aliphatic rings. The van der Waals surface area contributed by atoms with Gasteiger partial charge in [0.15, 0.2) is 0 Å². The summed E-state index contributed by atoms with van der Waals surface area (Å²) in [6, 6.07) is 0. The van der Waals surface area contributed by atoms with Crippen molar-refractivity contribution in [3.8, 4) is 0 Å². The van der Waals surface area contributed by atoms with Gasteiger partial charge in [0.05, 0.1) is 5.71 Å². The number of hydrogen-bond donors (Lipinski definition) is 1. The highest BCUT2D eigenvalue weighted by Gasteiger charge is 2.32. The molecule has 2 fully saturated rings. The highest BCUT2D eigenvalue weighted by atomic mass is 16.5. The van der Waals surface area contributed by atoms with Crippen molar-refractivity contribution in [2.75, 3.05) is 26.2 Å². The van der Waals surface area contributed by atoms with Crippen LogP contribution in [0.25, 0.3) is 0 Å². The third-order valence-electron chi connectivity index (χ3n) is 3.84. The van der Waals surface area contributed by atoms with Crippen molar-refractivity contribution in [3.05, 3.63) is 24.0 Å². The van der Waals surface area contributed by atoms with E-state index in [4.69, 9.17) is 4.74 Å². The standard InChI is InChI=1S/C15H23N3O2/c1-4-17-15-13(5-6-14(15)20-12(3)19)11(2)18-9-7-16-8-10-18/h4,14,16H,1,5-10H2,2-3H3/b13-11+,17-15?. The van der Waals surface area contributed by atoms with Crippen LogP contribution >= 0.6 is 0 Å². The Labute approximate surface area is 120 Å². The average Bonchev–Trinajstić information content (AvgIpc) is 2.82. The normalized spacial score (nSPS) is 27.6. The number of aliphatic imine (C=N–C) groups is 1. The van der Waals surface area contributed by atoms with Crippen LogP contribution in [0.1, 0.15) is 26.7 Å². The lowest BCUT2D eigenvalue weighted by atomic mass is 10.1. The lowest BCUT2D eigenvalue weighted by molar-refractivity contribution is -0.143. The minimum atomic E-state index is -0.257. The zero-order chi connectivity index (χ0) is 14.5. The Morgan fingerprint density at radius 2 is 2.15 bits per heavy atom. The molecule has 1 aliphatic carbocycles. The SMILES string of the molecule is C=CN=C1/C(=C(\C)N2CCNCC2)CCC1OC(C)=O. The lowest BCUT2D eigenvalue weighted by Crippen LogP contribution is -2.43. The van der Waals surface area contributed by atoms with E-state index in [1.807, 2.05) is 0 Å². The molecular formula is C15H23N3O2. The quantitative estimate of drug-likeness (QED) is 0.794. The summed E-state index contributed by atoms with van der Waals surface area (Å²) in [6.45, 7) is 11.3. The van der Waals surface area contributed by atoms with Gasteiger partial charge in [-0.2, -0.15) is 0 Å². The fraction of sp³-hybridized carbons (Fsp3) is 0.600. The fourth-order valence-corrected chi connectivity index (χ4v) is 2.87. The summed E-state index contributed by atoms with van der Waals surface area (Å²) >= 11 is 0. The summed E-state index contributed by atoms with van der Waals surface area (Å²) in [5.41, 5.74) is 3.33. The molecule has 0 aromatic heterocycles. The van der Waals surface area contributed by atoms with E-state index in [-0.39, 0.29) is 12.1 Å². The van der Waals surface area contributed by atoms with Crippen LogP contribution in [0.4, 0.5) is 0 Å². The van der Waals surface area contributed by atoms with E-state index in [1.54, 1.807) is 0 Å². The van der Waals surface area contributed by atoms with Crippen LogP contribution in [0.5, 0.6) is 0 Å². The number of allylic oxidation sites excluding steroid dienone is 1. The van der Waals surface area contributed by atoms with Crippen molar-refractivity contribution < 1.29 is 9.53 Å². The Balaban J connectivity index is 2.23. The van der Waals surface area contributed by atoms with Crippen LogP contribution in [0.2, 0.25) is 0 Å². The highest BCUT2D eigenvalue weighted by Crippen LogP contribution is 2.29. The van der Waals surface area contributed by atoms with Crippen LogP contribution in [-0.4, -0.2) is 48.9 Å². The van der Waals surface area contributed by atoms with E-state index in [2.05, 4.69) is 28.7 Å². The molecule has 1 atom stereocenters. The van der Waals surface area contributed by atoms with Crippen molar-refractivity contribution >= 4 is 11.7 Å². The van der Waals surface area contributed by atoms with Gasteiger partial charge in [0.25, 0.3) is 0 Å². The first-order chi connectivity index (χ1) is 9.63. The largest absolute Gasteiger partial charge is 0.456 e. The maximum absolute atomic E-state index is 11.2. The minimum absolute atomic E-state index is 0.224. The minimum Gasteiger partial charge on any atom is -0.456 e. The van der Waals surface area contributed by atoms with E-state index in [0.29, 0.717) is 0 Å². The summed E-state index contributed by atoms with van der Waals surface area (Å²) in [4.78, 5) is 17.9. The van der Waals surface area contributed by atoms with Crippen LogP contribution in [0.3, 0.4) is 0 Å². The zero-order valence-corrected chi connectivity index (χ0v) is 12.3. The van der Waals surface area contributed by atoms with Gasteiger partial charge in [-0.1, -0.05) is 6.58 Å². The maximum atomic E-state index is 11.2. The third kappa shape index (κ3) is 3.28. The third-order valence-corrected chi connectivity index (χ3v) is 3.84. The molecule has 0 spiro atoms. The summed E-state index contributed by atoms with van der Waals surface area (Å²) in [5, 5.41) is 3.35. The first-order valence-corrected chi connectivity index (χ1v) is 7.15. The van der Waals surface area contributed by atoms with E-state index in [9.17, 15) is 4.79 Å². The van der Waals surface area contributed by atoms with Gasteiger partial charge >= 0.3 is 5.97 Å². The van der Waals surface area contributed by atoms with Crippen LogP contribution in [0, 0.1) is 0 Å². The predicted molar refractivity (Wildman–Crippen MR) is 79.6 cm³/mol. The number of hydrogen-bond acceptors (Lipinski definition) is 5. The van der Waals surface area contributed by atoms with E-state index in [1.165, 1.54) is 24.4 Å². The Morgan fingerprint density at radius 3 is 2.75 bits per heavy atom. The van der Waals surface area contributed by atoms with Crippen molar-refractivity contribution in [2.24, 2.45) is 4.99 Å². The average molecular weight is 277 g/mol. The molecule has 2 rings (SSSR count). The van der Waals surface area contributed by atoms with Gasteiger partial charge in [-0.25, -0.2) is 0 Å². The van der Waals surface area contributed by atoms with Crippen LogP contribution < -0.4 is 5.32 Å². The molecule has 1 saturated carbocycles. The van der Waals surface area contributed by atoms with Crippen molar-refractivity contribution in [2.45, 2.75) is 32.8 Å². The molecule has 110 valence electrons. The topological polar surface area (TPSA) is 53.9 Å². The number of esters is 1. The molecule has 0 aromatic rings. The number of carbonyl (C=O) groups is 1. The fourth-order valence-electron chi connectivity index (χ4n) is 2.87. The molecule has 1 N–H and O–H groups in total. The van der Waals surface area contributed by atoms with Gasteiger partial charge in [0, 0.05) is 45.0 Å². The molecule has 1 heterocycles. The molecule has 5 nitrogen and oxygen atoms in total. The van der Waals surface area contributed by atoms with Crippen LogP contribution in [-0.2, 0) is 9.53 Å². The molecule has 0 aromatic carbocycles. The first-order valence-electron chi connectivity index (χ1n) is 7.15. The van der Waals surface area contributed by atoms with Crippen LogP contribution in [0.15, 0.2) is 29.0 Å². The van der Waals surface area contributed by atoms with Gasteiger partial charge in [0.1, 0.15) is 6.10 Å². The van der Waals surface area contributed by atoms with Crippen molar-refractivity contribution in [1.29, 1.82) is 0 Å². The predicted octanol–water partition coefficient (Wildman–Crippen LogP) is 1.48. The van der Waals surface area contributed by atoms with Crippen molar-refractivity contribution in [3.63, 3.8) is 0 Å². The smallest absolute Gasteiger partial charge is 0.303 e. The molecule has 20 heavy (non-hydrogen) atoms. The summed E-state index contributed by atoms with van der Waals surface area (Å²) < 4.78 is 5.36. The summed E-state index contributed by atoms with van der Waals surface area (Å²) in [7, 11) is 0. The monoisotopic (exact) mass is 277 g/mol. The first kappa shape index (κ1) is 14.8. The Morgan fingerprint density at radius 1 is 1.45 bits per heavy atom. The molecule has 1 aliphatic heterocycles. The number of nitrogens with one attached hydrogen (secondary N) is 1. The Hall–Kier alpha value is -1.62. The molecule has 5 heteroatoms. The van der Waals surface area contributed by atoms with Crippen molar-refractivity contribution in [1.82, 2.24) is 10.2 Å². The Kier molecular flexibility index (Phi) is 4.95. The number of nitrogens with zero attached hydrogens (tertiary/aromatic N) is 2. The van der Waals surface area contributed by atoms with Gasteiger partial charge in [-0.15, -0.1) is 0 Å². The van der Waals surface area contributed by atoms with E-state index in [0.717, 1.165) is 44.7 Å². The van der Waals surface area contributed by atoms with Gasteiger partial charge < -0.3 is 15.0 Å². The number of carbonyl (C=O) groups excluding carboxylic acids is 1. The second kappa shape index (κ2) is 6.70. The molecule has 0 bridgehead atoms.